The second-order valence-electron chi connectivity index (χ2n) is 6.57. The van der Waals surface area contributed by atoms with Gasteiger partial charge in [-0.1, -0.05) is 0 Å². The molecule has 0 spiro atoms. The summed E-state index contributed by atoms with van der Waals surface area (Å²) in [4.78, 5) is 14.7. The lowest BCUT2D eigenvalue weighted by Gasteiger charge is -2.35. The maximum absolute atomic E-state index is 13.0. The number of carbonyl (C=O) groups is 1. The number of rotatable bonds is 4. The Morgan fingerprint density at radius 3 is 2.50 bits per heavy atom. The van der Waals surface area contributed by atoms with Crippen molar-refractivity contribution in [3.8, 4) is 0 Å². The molecule has 3 rings (SSSR count). The van der Waals surface area contributed by atoms with Crippen LogP contribution in [0.4, 0.5) is 4.39 Å². The van der Waals surface area contributed by atoms with Gasteiger partial charge >= 0.3 is 0 Å². The first-order chi connectivity index (χ1) is 11.3. The van der Waals surface area contributed by atoms with E-state index in [4.69, 9.17) is 0 Å². The summed E-state index contributed by atoms with van der Waals surface area (Å²) in [5, 5.41) is -0.566. The van der Waals surface area contributed by atoms with Gasteiger partial charge in [0.15, 0.2) is 4.90 Å². The Labute approximate surface area is 144 Å². The lowest BCUT2D eigenvalue weighted by atomic mass is 9.83. The van der Waals surface area contributed by atoms with Gasteiger partial charge in [0.25, 0.3) is 0 Å². The topological polar surface area (TPSA) is 77.5 Å². The Balaban J connectivity index is 1.56. The highest BCUT2D eigenvalue weighted by Crippen LogP contribution is 2.35. The molecule has 1 aromatic carbocycles. The van der Waals surface area contributed by atoms with E-state index in [0.29, 0.717) is 37.2 Å². The molecule has 2 aliphatic rings. The van der Waals surface area contributed by atoms with Gasteiger partial charge in [-0.05, 0) is 48.3 Å². The summed E-state index contributed by atoms with van der Waals surface area (Å²) < 4.78 is 48.4. The van der Waals surface area contributed by atoms with Crippen LogP contribution in [0.15, 0.2) is 29.2 Å². The molecule has 1 heterocycles. The smallest absolute Gasteiger partial charge is 0.225 e. The number of hydrogen-bond donors (Lipinski definition) is 0. The van der Waals surface area contributed by atoms with Gasteiger partial charge in [-0.25, -0.2) is 12.8 Å². The van der Waals surface area contributed by atoms with Crippen LogP contribution in [0.5, 0.6) is 0 Å². The van der Waals surface area contributed by atoms with Crippen molar-refractivity contribution in [1.29, 1.82) is 0 Å². The van der Waals surface area contributed by atoms with E-state index in [-0.39, 0.29) is 22.9 Å². The molecule has 1 saturated carbocycles. The molecule has 8 heteroatoms. The second kappa shape index (κ2) is 6.65. The van der Waals surface area contributed by atoms with Crippen LogP contribution in [0.25, 0.3) is 0 Å². The zero-order valence-corrected chi connectivity index (χ0v) is 15.0. The average Bonchev–Trinajstić information content (AvgIpc) is 2.94. The SMILES string of the molecule is CS(=O)(=O)C1CC(C(=O)N2CC[C@H]([S+]([O-])c3ccc(F)cc3)C2)C1. The fourth-order valence-corrected chi connectivity index (χ4v) is 5.83. The Morgan fingerprint density at radius 2 is 1.92 bits per heavy atom. The fraction of sp³-hybridized carbons (Fsp3) is 0.562. The first-order valence-electron chi connectivity index (χ1n) is 7.89. The minimum atomic E-state index is -3.07. The fourth-order valence-electron chi connectivity index (χ4n) is 3.24. The molecule has 24 heavy (non-hydrogen) atoms. The Bertz CT molecular complexity index is 716. The summed E-state index contributed by atoms with van der Waals surface area (Å²) in [5.74, 6) is -0.638. The summed E-state index contributed by atoms with van der Waals surface area (Å²) in [5.41, 5.74) is 0. The first kappa shape index (κ1) is 17.7. The first-order valence-corrected chi connectivity index (χ1v) is 11.1. The average molecular weight is 373 g/mol. The highest BCUT2D eigenvalue weighted by atomic mass is 32.2. The van der Waals surface area contributed by atoms with Gasteiger partial charge in [-0.2, -0.15) is 0 Å². The highest BCUT2D eigenvalue weighted by molar-refractivity contribution is 7.92. The minimum absolute atomic E-state index is 0.0338. The van der Waals surface area contributed by atoms with Crippen molar-refractivity contribution in [3.05, 3.63) is 30.1 Å². The number of nitrogens with zero attached hydrogens (tertiary/aromatic N) is 1. The summed E-state index contributed by atoms with van der Waals surface area (Å²) in [6.45, 7) is 0.944. The molecule has 5 nitrogen and oxygen atoms in total. The highest BCUT2D eigenvalue weighted by Gasteiger charge is 2.44. The van der Waals surface area contributed by atoms with E-state index in [1.54, 1.807) is 4.90 Å². The van der Waals surface area contributed by atoms with Crippen molar-refractivity contribution < 1.29 is 22.2 Å². The van der Waals surface area contributed by atoms with E-state index in [9.17, 15) is 22.2 Å². The summed E-state index contributed by atoms with van der Waals surface area (Å²) >= 11 is -1.28. The Hall–Kier alpha value is -1.12. The van der Waals surface area contributed by atoms with E-state index in [1.807, 2.05) is 0 Å². The molecule has 0 bridgehead atoms. The van der Waals surface area contributed by atoms with Crippen molar-refractivity contribution >= 4 is 26.9 Å². The molecule has 1 unspecified atom stereocenters. The van der Waals surface area contributed by atoms with E-state index >= 15 is 0 Å². The lowest BCUT2D eigenvalue weighted by Crippen LogP contribution is -2.45. The van der Waals surface area contributed by atoms with Gasteiger partial charge < -0.3 is 9.45 Å². The number of carbonyl (C=O) groups excluding carboxylic acids is 1. The van der Waals surface area contributed by atoms with Crippen LogP contribution in [0.2, 0.25) is 0 Å². The van der Waals surface area contributed by atoms with Crippen LogP contribution >= 0.6 is 0 Å². The molecule has 2 atom stereocenters. The number of halogens is 1. The molecule has 1 amide bonds. The van der Waals surface area contributed by atoms with Gasteiger partial charge in [0, 0.05) is 25.1 Å². The van der Waals surface area contributed by atoms with Crippen molar-refractivity contribution in [2.75, 3.05) is 19.3 Å². The zero-order chi connectivity index (χ0) is 17.5. The number of hydrogen-bond acceptors (Lipinski definition) is 4. The van der Waals surface area contributed by atoms with Crippen LogP contribution in [0, 0.1) is 11.7 Å². The zero-order valence-electron chi connectivity index (χ0n) is 13.4. The number of likely N-dealkylation sites (tertiary alicyclic amines) is 1. The Kier molecular flexibility index (Phi) is 4.90. The van der Waals surface area contributed by atoms with E-state index in [2.05, 4.69) is 0 Å². The molecular weight excluding hydrogens is 353 g/mol. The van der Waals surface area contributed by atoms with Crippen LogP contribution in [0.1, 0.15) is 19.3 Å². The van der Waals surface area contributed by atoms with Crippen molar-refractivity contribution in [2.24, 2.45) is 5.92 Å². The quantitative estimate of drug-likeness (QED) is 0.747. The van der Waals surface area contributed by atoms with E-state index < -0.39 is 26.3 Å². The number of amides is 1. The summed E-state index contributed by atoms with van der Waals surface area (Å²) in [6, 6.07) is 5.59. The van der Waals surface area contributed by atoms with Gasteiger partial charge in [-0.3, -0.25) is 4.79 Å². The van der Waals surface area contributed by atoms with Crippen molar-refractivity contribution in [2.45, 2.75) is 34.7 Å². The third-order valence-corrected chi connectivity index (χ3v) is 8.18. The normalized spacial score (nSPS) is 28.5. The molecule has 0 N–H and O–H groups in total. The molecule has 2 fully saturated rings. The van der Waals surface area contributed by atoms with Crippen LogP contribution < -0.4 is 0 Å². The van der Waals surface area contributed by atoms with Gasteiger partial charge in [0.1, 0.15) is 20.9 Å². The van der Waals surface area contributed by atoms with Crippen LogP contribution in [0.3, 0.4) is 0 Å². The molecule has 1 aliphatic heterocycles. The summed E-state index contributed by atoms with van der Waals surface area (Å²) in [6.07, 6.45) is 2.62. The molecule has 1 aromatic rings. The third kappa shape index (κ3) is 3.60. The molecule has 1 saturated heterocycles. The van der Waals surface area contributed by atoms with E-state index in [1.165, 1.54) is 30.5 Å². The second-order valence-corrected chi connectivity index (χ2v) is 10.6. The lowest BCUT2D eigenvalue weighted by molar-refractivity contribution is -0.136. The monoisotopic (exact) mass is 373 g/mol. The largest absolute Gasteiger partial charge is 0.611 e. The van der Waals surface area contributed by atoms with Crippen molar-refractivity contribution in [1.82, 2.24) is 4.90 Å². The molecule has 0 radical (unpaired) electrons. The van der Waals surface area contributed by atoms with Crippen LogP contribution in [-0.2, 0) is 25.8 Å². The summed E-state index contributed by atoms with van der Waals surface area (Å²) in [7, 11) is -3.07. The third-order valence-electron chi connectivity index (χ3n) is 4.85. The van der Waals surface area contributed by atoms with Gasteiger partial charge in [0.2, 0.25) is 5.91 Å². The van der Waals surface area contributed by atoms with Gasteiger partial charge in [0.05, 0.1) is 11.8 Å². The standard InChI is InChI=1S/C16H20FNO4S2/c1-24(21,22)15-8-11(9-15)16(19)18-7-6-14(10-18)23(20)13-4-2-12(17)3-5-13/h2-5,11,14-15H,6-10H2,1H3/t11?,14-,15?,23?/m0/s1. The minimum Gasteiger partial charge on any atom is -0.611 e. The predicted octanol–water partition coefficient (Wildman–Crippen LogP) is 1.36. The number of sulfone groups is 1. The molecule has 0 aromatic heterocycles. The molecule has 1 aliphatic carbocycles. The maximum atomic E-state index is 13.0. The molecule has 132 valence electrons. The van der Waals surface area contributed by atoms with Gasteiger partial charge in [-0.15, -0.1) is 0 Å². The Morgan fingerprint density at radius 1 is 1.29 bits per heavy atom. The number of benzene rings is 1. The molecular formula is C16H20FNO4S2. The van der Waals surface area contributed by atoms with E-state index in [0.717, 1.165) is 0 Å². The van der Waals surface area contributed by atoms with Crippen LogP contribution in [-0.4, -0.2) is 53.6 Å². The predicted molar refractivity (Wildman–Crippen MR) is 89.1 cm³/mol. The maximum Gasteiger partial charge on any atom is 0.225 e. The van der Waals surface area contributed by atoms with Crippen molar-refractivity contribution in [3.63, 3.8) is 0 Å².